The van der Waals surface area contributed by atoms with Crippen molar-refractivity contribution >= 4 is 11.8 Å². The Morgan fingerprint density at radius 1 is 1.70 bits per heavy atom. The average molecular weight is 158 g/mol. The lowest BCUT2D eigenvalue weighted by Crippen LogP contribution is -2.12. The maximum atomic E-state index is 8.20. The van der Waals surface area contributed by atoms with Crippen LogP contribution in [-0.4, -0.2) is 18.1 Å². The highest BCUT2D eigenvalue weighted by atomic mass is 32.2. The van der Waals surface area contributed by atoms with Crippen molar-refractivity contribution < 1.29 is 0 Å². The summed E-state index contributed by atoms with van der Waals surface area (Å²) < 4.78 is 0. The predicted molar refractivity (Wildman–Crippen MR) is 45.8 cm³/mol. The molecule has 0 spiro atoms. The first-order valence-corrected chi connectivity index (χ1v) is 4.61. The molecule has 2 N–H and O–H groups in total. The van der Waals surface area contributed by atoms with Crippen LogP contribution in [0, 0.1) is 17.2 Å². The van der Waals surface area contributed by atoms with Gasteiger partial charge >= 0.3 is 0 Å². The van der Waals surface area contributed by atoms with Gasteiger partial charge in [-0.25, -0.2) is 0 Å². The van der Waals surface area contributed by atoms with Gasteiger partial charge in [0, 0.05) is 12.2 Å². The predicted octanol–water partition coefficient (Wildman–Crippen LogP) is 1.23. The molecule has 0 aliphatic rings. The second-order valence-electron chi connectivity index (χ2n) is 2.32. The lowest BCUT2D eigenvalue weighted by Gasteiger charge is -2.05. The van der Waals surface area contributed by atoms with Crippen LogP contribution >= 0.6 is 11.8 Å². The molecule has 0 fully saturated rings. The average Bonchev–Trinajstić information content (AvgIpc) is 1.98. The van der Waals surface area contributed by atoms with Crippen LogP contribution in [0.3, 0.4) is 0 Å². The van der Waals surface area contributed by atoms with Gasteiger partial charge in [0.15, 0.2) is 0 Å². The van der Waals surface area contributed by atoms with E-state index in [1.165, 1.54) is 0 Å². The molecule has 0 saturated heterocycles. The summed E-state index contributed by atoms with van der Waals surface area (Å²) in [6, 6.07) is 2.11. The van der Waals surface area contributed by atoms with Crippen LogP contribution in [0.2, 0.25) is 0 Å². The monoisotopic (exact) mass is 158 g/mol. The van der Waals surface area contributed by atoms with Crippen molar-refractivity contribution in [1.82, 2.24) is 0 Å². The minimum absolute atomic E-state index is 0.587. The van der Waals surface area contributed by atoms with Gasteiger partial charge in [-0.1, -0.05) is 6.92 Å². The topological polar surface area (TPSA) is 49.8 Å². The molecule has 58 valence electrons. The fraction of sp³-hybridized carbons (Fsp3) is 0.857. The van der Waals surface area contributed by atoms with E-state index in [4.69, 9.17) is 11.0 Å². The molecule has 0 aliphatic carbocycles. The molecule has 2 nitrogen and oxygen atoms in total. The van der Waals surface area contributed by atoms with Crippen molar-refractivity contribution in [3.63, 3.8) is 0 Å². The van der Waals surface area contributed by atoms with Gasteiger partial charge in [-0.15, -0.1) is 0 Å². The Bertz CT molecular complexity index is 109. The first kappa shape index (κ1) is 9.80. The smallest absolute Gasteiger partial charge is 0.0630 e. The summed E-state index contributed by atoms with van der Waals surface area (Å²) >= 11 is 1.81. The Morgan fingerprint density at radius 2 is 2.40 bits per heavy atom. The lowest BCUT2D eigenvalue weighted by atomic mass is 10.2. The van der Waals surface area contributed by atoms with Crippen LogP contribution in [0.5, 0.6) is 0 Å². The number of nitrogens with two attached hydrogens (primary N) is 1. The zero-order valence-electron chi connectivity index (χ0n) is 6.34. The lowest BCUT2D eigenvalue weighted by molar-refractivity contribution is 0.675. The fourth-order valence-electron chi connectivity index (χ4n) is 0.470. The van der Waals surface area contributed by atoms with Gasteiger partial charge in [0.05, 0.1) is 6.07 Å². The fourth-order valence-corrected chi connectivity index (χ4v) is 1.41. The molecular formula is C7H14N2S. The van der Waals surface area contributed by atoms with Gasteiger partial charge < -0.3 is 5.73 Å². The molecular weight excluding hydrogens is 144 g/mol. The van der Waals surface area contributed by atoms with Crippen LogP contribution in [0.1, 0.15) is 13.3 Å². The third kappa shape index (κ3) is 5.93. The maximum absolute atomic E-state index is 8.20. The largest absolute Gasteiger partial charge is 0.330 e. The Morgan fingerprint density at radius 3 is 2.90 bits per heavy atom. The molecule has 0 rings (SSSR count). The molecule has 0 bridgehead atoms. The number of thioether (sulfide) groups is 1. The number of nitrogens with zero attached hydrogens (tertiary/aromatic N) is 1. The maximum Gasteiger partial charge on any atom is 0.0630 e. The number of hydrogen-bond donors (Lipinski definition) is 1. The molecule has 0 aromatic heterocycles. The number of hydrogen-bond acceptors (Lipinski definition) is 3. The van der Waals surface area contributed by atoms with Crippen molar-refractivity contribution in [3.05, 3.63) is 0 Å². The second kappa shape index (κ2) is 6.91. The molecule has 0 amide bonds. The summed E-state index contributed by atoms with van der Waals surface area (Å²) in [5.41, 5.74) is 5.41. The Balaban J connectivity index is 2.98. The third-order valence-electron chi connectivity index (χ3n) is 1.16. The van der Waals surface area contributed by atoms with Gasteiger partial charge in [-0.3, -0.25) is 0 Å². The standard InChI is InChI=1S/C7H14N2S/c1-7(5-9)6-10-4-2-3-8/h7H,2,4-6,9H2,1H3. The van der Waals surface area contributed by atoms with Gasteiger partial charge in [0.1, 0.15) is 0 Å². The Labute approximate surface area is 66.8 Å². The van der Waals surface area contributed by atoms with E-state index in [1.807, 2.05) is 11.8 Å². The summed E-state index contributed by atoms with van der Waals surface area (Å²) in [6.45, 7) is 2.87. The Kier molecular flexibility index (Phi) is 6.78. The molecule has 1 unspecified atom stereocenters. The molecule has 0 saturated carbocycles. The highest BCUT2D eigenvalue weighted by Crippen LogP contribution is 2.07. The molecule has 0 aliphatic heterocycles. The summed E-state index contributed by atoms with van der Waals surface area (Å²) in [7, 11) is 0. The van der Waals surface area contributed by atoms with Crippen molar-refractivity contribution in [3.8, 4) is 6.07 Å². The van der Waals surface area contributed by atoms with Crippen molar-refractivity contribution in [2.75, 3.05) is 18.1 Å². The minimum atomic E-state index is 0.587. The normalized spacial score (nSPS) is 12.5. The number of nitriles is 1. The van der Waals surface area contributed by atoms with E-state index < -0.39 is 0 Å². The van der Waals surface area contributed by atoms with Crippen LogP contribution in [0.4, 0.5) is 0 Å². The SMILES string of the molecule is CC(CN)CSCCC#N. The highest BCUT2D eigenvalue weighted by Gasteiger charge is 1.97. The summed E-state index contributed by atoms with van der Waals surface area (Å²) in [6.07, 6.45) is 0.655. The zero-order valence-corrected chi connectivity index (χ0v) is 7.16. The van der Waals surface area contributed by atoms with E-state index in [9.17, 15) is 0 Å². The molecule has 3 heteroatoms. The molecule has 0 aromatic carbocycles. The quantitative estimate of drug-likeness (QED) is 0.612. The first-order chi connectivity index (χ1) is 4.81. The van der Waals surface area contributed by atoms with Crippen molar-refractivity contribution in [2.24, 2.45) is 11.7 Å². The minimum Gasteiger partial charge on any atom is -0.330 e. The summed E-state index contributed by atoms with van der Waals surface area (Å²) in [4.78, 5) is 0. The first-order valence-electron chi connectivity index (χ1n) is 3.46. The molecule has 10 heavy (non-hydrogen) atoms. The van der Waals surface area contributed by atoms with E-state index in [0.29, 0.717) is 12.3 Å². The summed E-state index contributed by atoms with van der Waals surface area (Å²) in [5.74, 6) is 2.61. The number of rotatable bonds is 5. The van der Waals surface area contributed by atoms with E-state index in [-0.39, 0.29) is 0 Å². The summed E-state index contributed by atoms with van der Waals surface area (Å²) in [5, 5.41) is 8.20. The van der Waals surface area contributed by atoms with Crippen LogP contribution in [0.25, 0.3) is 0 Å². The van der Waals surface area contributed by atoms with E-state index in [1.54, 1.807) is 0 Å². The van der Waals surface area contributed by atoms with E-state index in [2.05, 4.69) is 13.0 Å². The van der Waals surface area contributed by atoms with Gasteiger partial charge in [-0.05, 0) is 18.2 Å². The third-order valence-corrected chi connectivity index (χ3v) is 2.46. The van der Waals surface area contributed by atoms with Crippen molar-refractivity contribution in [1.29, 1.82) is 5.26 Å². The van der Waals surface area contributed by atoms with Gasteiger partial charge in [0.25, 0.3) is 0 Å². The van der Waals surface area contributed by atoms with Crippen molar-refractivity contribution in [2.45, 2.75) is 13.3 Å². The Hall–Kier alpha value is -0.200. The van der Waals surface area contributed by atoms with Gasteiger partial charge in [-0.2, -0.15) is 17.0 Å². The van der Waals surface area contributed by atoms with Crippen LogP contribution < -0.4 is 5.73 Å². The molecule has 0 aromatic rings. The van der Waals surface area contributed by atoms with Crippen LogP contribution in [-0.2, 0) is 0 Å². The highest BCUT2D eigenvalue weighted by molar-refractivity contribution is 7.99. The molecule has 0 radical (unpaired) electrons. The van der Waals surface area contributed by atoms with E-state index in [0.717, 1.165) is 18.1 Å². The molecule has 1 atom stereocenters. The van der Waals surface area contributed by atoms with E-state index >= 15 is 0 Å². The molecule has 0 heterocycles. The zero-order chi connectivity index (χ0) is 7.82. The second-order valence-corrected chi connectivity index (χ2v) is 3.47. The van der Waals surface area contributed by atoms with Gasteiger partial charge in [0.2, 0.25) is 0 Å². The van der Waals surface area contributed by atoms with Crippen LogP contribution in [0.15, 0.2) is 0 Å².